The minimum Gasteiger partial charge on any atom is -0.314 e. The van der Waals surface area contributed by atoms with Crippen LogP contribution in [-0.4, -0.2) is 42.6 Å². The summed E-state index contributed by atoms with van der Waals surface area (Å²) in [7, 11) is 0. The molecule has 4 nitrogen and oxygen atoms in total. The number of carbonyl (C=O) groups excluding carboxylic acids is 1. The maximum absolute atomic E-state index is 13.6. The Hall–Kier alpha value is -1.54. The summed E-state index contributed by atoms with van der Waals surface area (Å²) in [4.78, 5) is 19.2. The number of nitrogens with zero attached hydrogens (tertiary/aromatic N) is 3. The molecule has 0 aliphatic carbocycles. The van der Waals surface area contributed by atoms with Crippen molar-refractivity contribution < 1.29 is 42.0 Å². The summed E-state index contributed by atoms with van der Waals surface area (Å²) in [6.07, 6.45) is 7.19. The van der Waals surface area contributed by atoms with E-state index in [-0.39, 0.29) is 38.8 Å². The minimum atomic E-state index is 0. The smallest absolute Gasteiger partial charge is 0.285 e. The average molecular weight is 536 g/mol. The zero-order valence-electron chi connectivity index (χ0n) is 21.5. The fourth-order valence-electron chi connectivity index (χ4n) is 5.71. The fourth-order valence-corrected chi connectivity index (χ4v) is 5.71. The summed E-state index contributed by atoms with van der Waals surface area (Å²) in [5.41, 5.74) is 5.11. The first kappa shape index (κ1) is 28.7. The number of hydrogen-bond acceptors (Lipinski definition) is 1. The molecule has 5 heteroatoms. The van der Waals surface area contributed by atoms with Gasteiger partial charge in [-0.2, -0.15) is 0 Å². The van der Waals surface area contributed by atoms with Crippen molar-refractivity contribution in [2.45, 2.75) is 72.3 Å². The summed E-state index contributed by atoms with van der Waals surface area (Å²) >= 11 is 0. The largest absolute Gasteiger partial charge is 0.314 e. The summed E-state index contributed by atoms with van der Waals surface area (Å²) < 4.78 is 0.980. The summed E-state index contributed by atoms with van der Waals surface area (Å²) in [5, 5.41) is 0. The van der Waals surface area contributed by atoms with E-state index in [0.717, 1.165) is 60.3 Å². The van der Waals surface area contributed by atoms with E-state index in [1.807, 2.05) is 49.1 Å². The van der Waals surface area contributed by atoms with Gasteiger partial charge < -0.3 is 9.38 Å². The molecule has 1 radical (unpaired) electrons. The molecule has 2 aliphatic rings. The van der Waals surface area contributed by atoms with Crippen molar-refractivity contribution in [3.05, 3.63) is 70.6 Å². The van der Waals surface area contributed by atoms with Crippen LogP contribution in [0, 0.1) is 27.3 Å². The Bertz CT molecular complexity index is 952. The van der Waals surface area contributed by atoms with E-state index in [1.165, 1.54) is 31.2 Å². The predicted octanol–water partition coefficient (Wildman–Crippen LogP) is 6.75. The van der Waals surface area contributed by atoms with Gasteiger partial charge in [-0.15, -0.1) is 0 Å². The maximum atomic E-state index is 13.6. The van der Waals surface area contributed by atoms with Crippen molar-refractivity contribution in [3.8, 4) is 0 Å². The number of likely N-dealkylation sites (N-methyl/N-ethyl adjacent to an activating group) is 1. The zero-order valence-corrected chi connectivity index (χ0v) is 24.4. The molecule has 179 valence electrons. The maximum Gasteiger partial charge on any atom is 0.285 e. The van der Waals surface area contributed by atoms with Crippen LogP contribution >= 0.6 is 0 Å². The molecule has 2 fully saturated rings. The third-order valence-corrected chi connectivity index (χ3v) is 7.47. The van der Waals surface area contributed by atoms with Crippen molar-refractivity contribution in [1.29, 1.82) is 0 Å². The second kappa shape index (κ2) is 13.5. The van der Waals surface area contributed by atoms with Gasteiger partial charge in [-0.25, -0.2) is 4.85 Å². The van der Waals surface area contributed by atoms with E-state index in [1.54, 1.807) is 0 Å². The van der Waals surface area contributed by atoms with Crippen molar-refractivity contribution in [2.75, 3.05) is 31.1 Å². The van der Waals surface area contributed by atoms with Crippen LogP contribution in [0.25, 0.3) is 4.85 Å². The van der Waals surface area contributed by atoms with Crippen LogP contribution in [0.2, 0.25) is 0 Å². The van der Waals surface area contributed by atoms with E-state index in [0.29, 0.717) is 11.6 Å². The molecule has 2 saturated heterocycles. The standard InChI is InChI=1S/C22H32N3O.C7H8.Y/c1-5-25(13-8-6-7-9-14-25)20-11-10-12-24(22(20)26)21-17(2)15-19(23-4)16-18(21)3;1-7-5-3-2-4-6-7;/h15-16,20H,5-14H2,1-3H3;2-6H,1H3;/q+1;;. The Morgan fingerprint density at radius 2 is 1.56 bits per heavy atom. The Labute approximate surface area is 232 Å². The van der Waals surface area contributed by atoms with E-state index in [4.69, 9.17) is 6.57 Å². The molecule has 1 atom stereocenters. The van der Waals surface area contributed by atoms with Crippen molar-refractivity contribution in [3.63, 3.8) is 0 Å². The number of piperidine rings is 1. The Kier molecular flexibility index (Phi) is 11.4. The minimum absolute atomic E-state index is 0. The summed E-state index contributed by atoms with van der Waals surface area (Å²) in [6, 6.07) is 14.2. The van der Waals surface area contributed by atoms with Crippen molar-refractivity contribution in [2.24, 2.45) is 0 Å². The van der Waals surface area contributed by atoms with Gasteiger partial charge >= 0.3 is 0 Å². The van der Waals surface area contributed by atoms with E-state index in [2.05, 4.69) is 30.8 Å². The van der Waals surface area contributed by atoms with Gasteiger partial charge in [0.15, 0.2) is 11.7 Å². The first-order valence-corrected chi connectivity index (χ1v) is 12.6. The van der Waals surface area contributed by atoms with Crippen LogP contribution < -0.4 is 4.90 Å². The van der Waals surface area contributed by atoms with Crippen LogP contribution in [0.3, 0.4) is 0 Å². The molecule has 2 aromatic carbocycles. The number of rotatable bonds is 3. The van der Waals surface area contributed by atoms with Gasteiger partial charge in [0.05, 0.1) is 26.2 Å². The van der Waals surface area contributed by atoms with E-state index in [9.17, 15) is 4.79 Å². The number of quaternary nitrogens is 1. The Balaban J connectivity index is 0.000000439. The van der Waals surface area contributed by atoms with Gasteiger partial charge in [0.25, 0.3) is 5.91 Å². The molecule has 0 spiro atoms. The first-order valence-electron chi connectivity index (χ1n) is 12.6. The zero-order chi connectivity index (χ0) is 23.8. The molecular weight excluding hydrogens is 495 g/mol. The topological polar surface area (TPSA) is 24.7 Å². The molecule has 0 bridgehead atoms. The fraction of sp³-hybridized carbons (Fsp3) is 0.517. The second-order valence-corrected chi connectivity index (χ2v) is 9.74. The SMILES string of the molecule is Cc1ccccc1.[C-]#[N+]c1cc(C)c(N2CCCC([N+]3(CC)CCCCCC3)C2=O)c(C)c1.[Y]. The molecule has 1 amide bonds. The molecular formula is C29H40N3OY+. The number of aryl methyl sites for hydroxylation is 3. The van der Waals surface area contributed by atoms with Crippen LogP contribution in [0.4, 0.5) is 11.4 Å². The number of likely N-dealkylation sites (tertiary alicyclic amines) is 1. The third-order valence-electron chi connectivity index (χ3n) is 7.47. The van der Waals surface area contributed by atoms with Gasteiger partial charge in [-0.3, -0.25) is 4.79 Å². The molecule has 0 N–H and O–H groups in total. The van der Waals surface area contributed by atoms with Crippen LogP contribution in [0.1, 0.15) is 62.1 Å². The quantitative estimate of drug-likeness (QED) is 0.315. The number of carbonyl (C=O) groups is 1. The average Bonchev–Trinajstić information content (AvgIpc) is 3.07. The van der Waals surface area contributed by atoms with Crippen LogP contribution in [-0.2, 0) is 37.5 Å². The summed E-state index contributed by atoms with van der Waals surface area (Å²) in [6.45, 7) is 19.8. The molecule has 2 heterocycles. The molecule has 2 aromatic rings. The molecule has 0 aromatic heterocycles. The number of anilines is 1. The molecule has 0 saturated carbocycles. The van der Waals surface area contributed by atoms with Crippen molar-refractivity contribution in [1.82, 2.24) is 0 Å². The van der Waals surface area contributed by atoms with Gasteiger partial charge in [-0.05, 0) is 70.9 Å². The normalized spacial score (nSPS) is 19.7. The van der Waals surface area contributed by atoms with Gasteiger partial charge in [0.2, 0.25) is 0 Å². The van der Waals surface area contributed by atoms with Crippen LogP contribution in [0.15, 0.2) is 42.5 Å². The Morgan fingerprint density at radius 3 is 2.03 bits per heavy atom. The molecule has 4 rings (SSSR count). The predicted molar refractivity (Wildman–Crippen MR) is 138 cm³/mol. The van der Waals surface area contributed by atoms with E-state index >= 15 is 0 Å². The molecule has 34 heavy (non-hydrogen) atoms. The third kappa shape index (κ3) is 6.78. The van der Waals surface area contributed by atoms with Crippen molar-refractivity contribution >= 4 is 17.3 Å². The summed E-state index contributed by atoms with van der Waals surface area (Å²) in [5.74, 6) is 0.307. The van der Waals surface area contributed by atoms with Crippen LogP contribution in [0.5, 0.6) is 0 Å². The first-order chi connectivity index (χ1) is 15.9. The second-order valence-electron chi connectivity index (χ2n) is 9.74. The number of hydrogen-bond donors (Lipinski definition) is 0. The van der Waals surface area contributed by atoms with Gasteiger partial charge in [0.1, 0.15) is 0 Å². The monoisotopic (exact) mass is 535 g/mol. The number of benzene rings is 2. The Morgan fingerprint density at radius 1 is 0.971 bits per heavy atom. The number of amides is 1. The van der Waals surface area contributed by atoms with Gasteiger partial charge in [-0.1, -0.05) is 48.0 Å². The van der Waals surface area contributed by atoms with E-state index < -0.39 is 0 Å². The molecule has 1 unspecified atom stereocenters. The van der Waals surface area contributed by atoms with Gasteiger partial charge in [0, 0.05) is 51.4 Å². The molecule has 2 aliphatic heterocycles.